The van der Waals surface area contributed by atoms with Gasteiger partial charge in [0.05, 0.1) is 47.5 Å². The van der Waals surface area contributed by atoms with Crippen molar-refractivity contribution in [2.24, 2.45) is 0 Å². The highest BCUT2D eigenvalue weighted by molar-refractivity contribution is 6.32. The molecule has 1 spiro atoms. The van der Waals surface area contributed by atoms with Crippen LogP contribution < -0.4 is 20.1 Å². The Morgan fingerprint density at radius 1 is 1.28 bits per heavy atom. The Morgan fingerprint density at radius 3 is 2.79 bits per heavy atom. The lowest BCUT2D eigenvalue weighted by molar-refractivity contribution is -0.163. The predicted molar refractivity (Wildman–Crippen MR) is 140 cm³/mol. The van der Waals surface area contributed by atoms with Gasteiger partial charge in [-0.3, -0.25) is 14.7 Å². The molecule has 1 atom stereocenters. The number of benzene rings is 1. The van der Waals surface area contributed by atoms with Crippen LogP contribution in [0.1, 0.15) is 35.3 Å². The summed E-state index contributed by atoms with van der Waals surface area (Å²) in [5, 5.41) is 6.80. The fraction of sp³-hybridized carbons (Fsp3) is 0.407. The Labute approximate surface area is 227 Å². The number of anilines is 2. The molecular formula is C27H27ClF3N5O3. The average Bonchev–Trinajstić information content (AvgIpc) is 3.57. The first-order valence-corrected chi connectivity index (χ1v) is 13.1. The second-order valence-electron chi connectivity index (χ2n) is 10.2. The number of hydrogen-bond acceptors (Lipinski definition) is 6. The van der Waals surface area contributed by atoms with Gasteiger partial charge in [-0.05, 0) is 37.5 Å². The molecule has 3 aliphatic rings. The minimum Gasteiger partial charge on any atom is -0.493 e. The van der Waals surface area contributed by atoms with E-state index in [0.717, 1.165) is 18.5 Å². The Balaban J connectivity index is 1.38. The summed E-state index contributed by atoms with van der Waals surface area (Å²) in [4.78, 5) is 22.3. The van der Waals surface area contributed by atoms with Crippen molar-refractivity contribution in [1.82, 2.24) is 20.2 Å². The monoisotopic (exact) mass is 561 g/mol. The zero-order chi connectivity index (χ0) is 27.4. The average molecular weight is 562 g/mol. The second kappa shape index (κ2) is 9.63. The van der Waals surface area contributed by atoms with Crippen molar-refractivity contribution in [1.29, 1.82) is 0 Å². The van der Waals surface area contributed by atoms with Crippen LogP contribution in [0.3, 0.4) is 0 Å². The number of alkyl halides is 3. The first kappa shape index (κ1) is 25.8. The van der Waals surface area contributed by atoms with Gasteiger partial charge in [0, 0.05) is 42.0 Å². The van der Waals surface area contributed by atoms with Crippen LogP contribution in [0.4, 0.5) is 24.5 Å². The molecule has 3 N–H and O–H groups in total. The number of aromatic nitrogens is 2. The molecule has 4 heterocycles. The fourth-order valence-electron chi connectivity index (χ4n) is 5.41. The van der Waals surface area contributed by atoms with Crippen molar-refractivity contribution >= 4 is 28.9 Å². The number of ether oxygens (including phenoxy) is 2. The van der Waals surface area contributed by atoms with Gasteiger partial charge in [0.15, 0.2) is 5.75 Å². The number of likely N-dealkylation sites (tertiary alicyclic amines) is 1. The third kappa shape index (κ3) is 4.78. The van der Waals surface area contributed by atoms with Gasteiger partial charge in [-0.2, -0.15) is 13.2 Å². The molecule has 6 rings (SSSR count). The molecule has 8 nitrogen and oxygen atoms in total. The second-order valence-corrected chi connectivity index (χ2v) is 10.7. The van der Waals surface area contributed by atoms with Crippen molar-refractivity contribution in [3.63, 3.8) is 0 Å². The van der Waals surface area contributed by atoms with Crippen LogP contribution in [0.5, 0.6) is 11.5 Å². The summed E-state index contributed by atoms with van der Waals surface area (Å²) in [6.45, 7) is 0.0557. The molecule has 206 valence electrons. The van der Waals surface area contributed by atoms with Crippen LogP contribution in [0, 0.1) is 0 Å². The lowest BCUT2D eigenvalue weighted by atomic mass is 9.93. The van der Waals surface area contributed by atoms with Gasteiger partial charge in [0.1, 0.15) is 12.4 Å². The number of hydrogen-bond donors (Lipinski definition) is 3. The molecule has 1 amide bonds. The number of H-pyrrole nitrogens is 1. The highest BCUT2D eigenvalue weighted by Crippen LogP contribution is 2.54. The van der Waals surface area contributed by atoms with Crippen molar-refractivity contribution < 1.29 is 27.4 Å². The SMILES string of the molecule is COc1c(Cl)cccc1Nc1c(-c2ccncc2OC[C@H]2CCN2CC(F)(F)F)[nH]c2c1C(=O)NCC21CC1. The van der Waals surface area contributed by atoms with E-state index in [1.54, 1.807) is 36.7 Å². The van der Waals surface area contributed by atoms with Crippen LogP contribution in [0.2, 0.25) is 5.02 Å². The predicted octanol–water partition coefficient (Wildman–Crippen LogP) is 5.27. The van der Waals surface area contributed by atoms with Gasteiger partial charge >= 0.3 is 6.18 Å². The molecule has 1 saturated carbocycles. The Kier molecular flexibility index (Phi) is 6.38. The molecule has 2 aromatic heterocycles. The Bertz CT molecular complexity index is 1420. The molecule has 1 aromatic carbocycles. The van der Waals surface area contributed by atoms with E-state index in [1.807, 2.05) is 0 Å². The number of amides is 1. The molecule has 2 aliphatic heterocycles. The number of carbonyl (C=O) groups is 1. The highest BCUT2D eigenvalue weighted by Gasteiger charge is 2.52. The summed E-state index contributed by atoms with van der Waals surface area (Å²) >= 11 is 6.37. The van der Waals surface area contributed by atoms with Crippen molar-refractivity contribution in [3.8, 4) is 22.8 Å². The zero-order valence-electron chi connectivity index (χ0n) is 21.1. The normalized spacial score (nSPS) is 19.7. The van der Waals surface area contributed by atoms with Crippen LogP contribution in [0.25, 0.3) is 11.3 Å². The fourth-order valence-corrected chi connectivity index (χ4v) is 5.67. The number of fused-ring (bicyclic) bond motifs is 2. The third-order valence-electron chi connectivity index (χ3n) is 7.76. The lowest BCUT2D eigenvalue weighted by Gasteiger charge is -2.40. The van der Waals surface area contributed by atoms with E-state index < -0.39 is 12.7 Å². The number of para-hydroxylation sites is 1. The van der Waals surface area contributed by atoms with Crippen LogP contribution in [-0.4, -0.2) is 66.3 Å². The van der Waals surface area contributed by atoms with Gasteiger partial charge < -0.3 is 25.1 Å². The maximum atomic E-state index is 13.2. The lowest BCUT2D eigenvalue weighted by Crippen LogP contribution is -2.54. The van der Waals surface area contributed by atoms with Gasteiger partial charge in [0.2, 0.25) is 0 Å². The number of aromatic amines is 1. The number of nitrogens with zero attached hydrogens (tertiary/aromatic N) is 2. The Morgan fingerprint density at radius 2 is 2.10 bits per heavy atom. The smallest absolute Gasteiger partial charge is 0.401 e. The summed E-state index contributed by atoms with van der Waals surface area (Å²) in [5.41, 5.74) is 3.56. The van der Waals surface area contributed by atoms with Crippen LogP contribution in [-0.2, 0) is 5.41 Å². The van der Waals surface area contributed by atoms with E-state index in [0.29, 0.717) is 64.2 Å². The van der Waals surface area contributed by atoms with E-state index in [1.165, 1.54) is 12.0 Å². The molecule has 12 heteroatoms. The van der Waals surface area contributed by atoms with Crippen molar-refractivity contribution in [2.45, 2.75) is 36.9 Å². The molecule has 3 aromatic rings. The van der Waals surface area contributed by atoms with Gasteiger partial charge in [-0.15, -0.1) is 0 Å². The number of halogens is 4. The summed E-state index contributed by atoms with van der Waals surface area (Å²) in [7, 11) is 1.52. The first-order chi connectivity index (χ1) is 18.7. The van der Waals surface area contributed by atoms with Gasteiger partial charge in [-0.1, -0.05) is 17.7 Å². The number of carbonyl (C=O) groups excluding carboxylic acids is 1. The topological polar surface area (TPSA) is 91.5 Å². The number of rotatable bonds is 8. The van der Waals surface area contributed by atoms with Crippen molar-refractivity contribution in [2.75, 3.05) is 38.7 Å². The quantitative estimate of drug-likeness (QED) is 0.347. The zero-order valence-corrected chi connectivity index (χ0v) is 21.9. The van der Waals surface area contributed by atoms with E-state index in [4.69, 9.17) is 21.1 Å². The number of methoxy groups -OCH3 is 1. The van der Waals surface area contributed by atoms with Gasteiger partial charge in [0.25, 0.3) is 5.91 Å². The van der Waals surface area contributed by atoms with Crippen molar-refractivity contribution in [3.05, 3.63) is 52.9 Å². The first-order valence-electron chi connectivity index (χ1n) is 12.7. The number of pyridine rings is 1. The maximum absolute atomic E-state index is 13.2. The largest absolute Gasteiger partial charge is 0.493 e. The third-order valence-corrected chi connectivity index (χ3v) is 8.06. The maximum Gasteiger partial charge on any atom is 0.401 e. The summed E-state index contributed by atoms with van der Waals surface area (Å²) < 4.78 is 50.3. The molecule has 39 heavy (non-hydrogen) atoms. The Hall–Kier alpha value is -3.44. The minimum atomic E-state index is -4.26. The summed E-state index contributed by atoms with van der Waals surface area (Å²) in [6, 6.07) is 6.71. The molecule has 1 aliphatic carbocycles. The molecule has 0 radical (unpaired) electrons. The summed E-state index contributed by atoms with van der Waals surface area (Å²) in [5.74, 6) is 0.627. The molecule has 0 bridgehead atoms. The molecule has 2 fully saturated rings. The molecular weight excluding hydrogens is 535 g/mol. The van der Waals surface area contributed by atoms with E-state index in [-0.39, 0.29) is 24.0 Å². The van der Waals surface area contributed by atoms with Crippen LogP contribution in [0.15, 0.2) is 36.7 Å². The van der Waals surface area contributed by atoms with E-state index in [9.17, 15) is 18.0 Å². The standard InChI is InChI=1S/C27H27ClF3N5O3/c1-38-23-17(28)3-2-4-18(23)34-22-20-24(26(7-8-26)13-33-25(20)37)35-21(22)16-5-9-32-11-19(16)39-12-15-6-10-36(15)14-27(29,30)31/h2-5,9,11,15,34-35H,6-8,10,12-14H2,1H3,(H,33,37)/t15-/m1/s1. The van der Waals surface area contributed by atoms with Crippen LogP contribution >= 0.6 is 11.6 Å². The summed E-state index contributed by atoms with van der Waals surface area (Å²) in [6.07, 6.45) is 1.39. The van der Waals surface area contributed by atoms with E-state index >= 15 is 0 Å². The molecule has 0 unspecified atom stereocenters. The molecule has 1 saturated heterocycles. The minimum absolute atomic E-state index is 0.0878. The highest BCUT2D eigenvalue weighted by atomic mass is 35.5. The van der Waals surface area contributed by atoms with Gasteiger partial charge in [-0.25, -0.2) is 0 Å². The number of nitrogens with one attached hydrogen (secondary N) is 3. The van der Waals surface area contributed by atoms with E-state index in [2.05, 4.69) is 20.6 Å².